The Morgan fingerprint density at radius 1 is 0.956 bits per heavy atom. The molecule has 1 aliphatic heterocycles. The van der Waals surface area contributed by atoms with Crippen LogP contribution in [0.3, 0.4) is 0 Å². The Hall–Kier alpha value is -2.10. The summed E-state index contributed by atoms with van der Waals surface area (Å²) in [6.45, 7) is 48.5. The van der Waals surface area contributed by atoms with Crippen molar-refractivity contribution in [3.8, 4) is 0 Å². The average molecular weight is 623 g/mol. The molecule has 0 aromatic heterocycles. The van der Waals surface area contributed by atoms with E-state index in [1.807, 2.05) is 19.9 Å². The first-order chi connectivity index (χ1) is 21.0. The summed E-state index contributed by atoms with van der Waals surface area (Å²) in [6, 6.07) is 1.07. The Morgan fingerprint density at radius 2 is 1.56 bits per heavy atom. The van der Waals surface area contributed by atoms with Crippen LogP contribution in [0, 0.1) is 34.0 Å². The molecule has 3 fully saturated rings. The van der Waals surface area contributed by atoms with Gasteiger partial charge in [0.05, 0.1) is 17.9 Å². The molecule has 4 heteroatoms. The number of likely N-dealkylation sites (tertiary alicyclic amines) is 1. The summed E-state index contributed by atoms with van der Waals surface area (Å²) in [7, 11) is 0. The third kappa shape index (κ3) is 9.71. The lowest BCUT2D eigenvalue weighted by molar-refractivity contribution is 0.135. The molecule has 4 nitrogen and oxygen atoms in total. The summed E-state index contributed by atoms with van der Waals surface area (Å²) in [4.78, 5) is 2.60. The molecular formula is C41H74N4. The molecule has 1 heterocycles. The van der Waals surface area contributed by atoms with Crippen LogP contribution in [0.15, 0.2) is 61.8 Å². The third-order valence-electron chi connectivity index (χ3n) is 11.3. The van der Waals surface area contributed by atoms with Crippen molar-refractivity contribution in [2.75, 3.05) is 6.54 Å². The molecule has 0 bridgehead atoms. The molecular weight excluding hydrogens is 548 g/mol. The maximum atomic E-state index is 4.79. The van der Waals surface area contributed by atoms with Crippen molar-refractivity contribution in [3.63, 3.8) is 0 Å². The van der Waals surface area contributed by atoms with E-state index in [4.69, 9.17) is 6.58 Å². The quantitative estimate of drug-likeness (QED) is 0.141. The van der Waals surface area contributed by atoms with Crippen LogP contribution in [0.4, 0.5) is 0 Å². The van der Waals surface area contributed by atoms with Gasteiger partial charge in [-0.2, -0.15) is 0 Å². The van der Waals surface area contributed by atoms with Gasteiger partial charge in [0, 0.05) is 36.4 Å². The van der Waals surface area contributed by atoms with Gasteiger partial charge in [-0.1, -0.05) is 141 Å². The van der Waals surface area contributed by atoms with E-state index in [1.165, 1.54) is 37.8 Å². The first kappa shape index (κ1) is 39.1. The van der Waals surface area contributed by atoms with Gasteiger partial charge in [0.15, 0.2) is 0 Å². The minimum absolute atomic E-state index is 0.157. The molecule has 6 atom stereocenters. The molecule has 1 saturated heterocycles. The number of hydrogen-bond donors (Lipinski definition) is 3. The Morgan fingerprint density at radius 3 is 2.07 bits per heavy atom. The van der Waals surface area contributed by atoms with Crippen molar-refractivity contribution in [1.82, 2.24) is 20.9 Å². The van der Waals surface area contributed by atoms with E-state index in [1.54, 1.807) is 0 Å². The molecule has 0 amide bonds. The number of fused-ring (bicyclic) bond motifs is 1. The van der Waals surface area contributed by atoms with Crippen LogP contribution >= 0.6 is 0 Å². The summed E-state index contributed by atoms with van der Waals surface area (Å²) in [5, 5.41) is 11.6. The smallest absolute Gasteiger partial charge is 0.0917 e. The van der Waals surface area contributed by atoms with E-state index in [0.29, 0.717) is 29.2 Å². The summed E-state index contributed by atoms with van der Waals surface area (Å²) < 4.78 is 0. The Kier molecular flexibility index (Phi) is 14.0. The first-order valence-corrected chi connectivity index (χ1v) is 18.4. The van der Waals surface area contributed by atoms with E-state index in [9.17, 15) is 0 Å². The fraction of sp³-hybridized carbons (Fsp3) is 0.756. The van der Waals surface area contributed by atoms with Gasteiger partial charge in [0.25, 0.3) is 0 Å². The number of nitrogens with one attached hydrogen (secondary N) is 3. The van der Waals surface area contributed by atoms with Gasteiger partial charge in [-0.25, -0.2) is 0 Å². The highest BCUT2D eigenvalue weighted by Gasteiger charge is 2.67. The largest absolute Gasteiger partial charge is 0.380 e. The molecule has 0 aromatic rings. The second-order valence-electron chi connectivity index (χ2n) is 16.7. The molecule has 45 heavy (non-hydrogen) atoms. The lowest BCUT2D eigenvalue weighted by Crippen LogP contribution is -2.51. The molecule has 4 unspecified atom stereocenters. The van der Waals surface area contributed by atoms with Gasteiger partial charge in [0.1, 0.15) is 0 Å². The fourth-order valence-electron chi connectivity index (χ4n) is 8.24. The van der Waals surface area contributed by atoms with E-state index >= 15 is 0 Å². The second kappa shape index (κ2) is 16.1. The highest BCUT2D eigenvalue weighted by atomic mass is 15.3. The monoisotopic (exact) mass is 623 g/mol. The molecule has 3 aliphatic rings. The molecule has 3 N–H and O–H groups in total. The zero-order chi connectivity index (χ0) is 34.3. The Balaban J connectivity index is 0.00000345. The number of rotatable bonds is 17. The van der Waals surface area contributed by atoms with Gasteiger partial charge < -0.3 is 20.9 Å². The SMILES string of the molecule is C=CC(=C)C(CC(C)C)NC(=C)C1[C@@H]2[C@H](CN1C(=C)CC(NC(=C)NC(CCC)C(C)(C)C)C1(C)CCCCC1)C2(C)C.CC. The normalized spacial score (nSPS) is 25.1. The number of piperidine rings is 1. The summed E-state index contributed by atoms with van der Waals surface area (Å²) >= 11 is 0. The van der Waals surface area contributed by atoms with Gasteiger partial charge >= 0.3 is 0 Å². The molecule has 0 spiro atoms. The van der Waals surface area contributed by atoms with Crippen LogP contribution in [0.25, 0.3) is 0 Å². The highest BCUT2D eigenvalue weighted by Crippen LogP contribution is 2.66. The summed E-state index contributed by atoms with van der Waals surface area (Å²) in [6.07, 6.45) is 12.6. The van der Waals surface area contributed by atoms with E-state index in [-0.39, 0.29) is 29.0 Å². The second-order valence-corrected chi connectivity index (χ2v) is 16.7. The van der Waals surface area contributed by atoms with Crippen molar-refractivity contribution >= 4 is 0 Å². The van der Waals surface area contributed by atoms with E-state index < -0.39 is 0 Å². The fourth-order valence-corrected chi connectivity index (χ4v) is 8.24. The average Bonchev–Trinajstić information content (AvgIpc) is 3.28. The molecule has 0 radical (unpaired) electrons. The summed E-state index contributed by atoms with van der Waals surface area (Å²) in [5.74, 6) is 2.79. The maximum absolute atomic E-state index is 4.79. The third-order valence-corrected chi connectivity index (χ3v) is 11.3. The number of nitrogens with zero attached hydrogens (tertiary/aromatic N) is 1. The van der Waals surface area contributed by atoms with Crippen molar-refractivity contribution in [1.29, 1.82) is 0 Å². The molecule has 258 valence electrons. The van der Waals surface area contributed by atoms with Crippen molar-refractivity contribution in [3.05, 3.63) is 61.8 Å². The standard InChI is InChI=1S/C39H68N4.C2H6/c1-15-20-33(37(9,10)11)41-30(8)42-34(39(14)21-18-17-19-22-39)24-28(6)43-25-31-35(38(31,12)13)36(43)29(7)40-32(23-26(3)4)27(5)16-2;1-2/h16,26,31-36,40-42H,2,5-8,15,17-25H2,1,3-4,9-14H3;1-2H3/t31-,32?,33?,34?,35-,36?;/m0./s1. The minimum atomic E-state index is 0.157. The van der Waals surface area contributed by atoms with Crippen LogP contribution in [0.1, 0.15) is 134 Å². The highest BCUT2D eigenvalue weighted by molar-refractivity contribution is 5.30. The number of hydrogen-bond acceptors (Lipinski definition) is 4. The first-order valence-electron chi connectivity index (χ1n) is 18.4. The lowest BCUT2D eigenvalue weighted by atomic mass is 9.69. The molecule has 3 rings (SSSR count). The lowest BCUT2D eigenvalue weighted by Gasteiger charge is -2.45. The topological polar surface area (TPSA) is 39.3 Å². The van der Waals surface area contributed by atoms with Crippen LogP contribution in [-0.2, 0) is 0 Å². The van der Waals surface area contributed by atoms with Crippen molar-refractivity contribution in [2.24, 2.45) is 34.0 Å². The van der Waals surface area contributed by atoms with E-state index in [0.717, 1.165) is 49.3 Å². The van der Waals surface area contributed by atoms with Crippen LogP contribution < -0.4 is 16.0 Å². The van der Waals surface area contributed by atoms with E-state index in [2.05, 4.69) is 109 Å². The van der Waals surface area contributed by atoms with Crippen LogP contribution in [0.5, 0.6) is 0 Å². The molecule has 2 saturated carbocycles. The molecule has 2 aliphatic carbocycles. The van der Waals surface area contributed by atoms with Crippen LogP contribution in [0.2, 0.25) is 0 Å². The van der Waals surface area contributed by atoms with Gasteiger partial charge in [-0.3, -0.25) is 0 Å². The Labute approximate surface area is 280 Å². The predicted molar refractivity (Wildman–Crippen MR) is 200 cm³/mol. The zero-order valence-electron chi connectivity index (χ0n) is 31.7. The van der Waals surface area contributed by atoms with Crippen molar-refractivity contribution < 1.29 is 0 Å². The minimum Gasteiger partial charge on any atom is -0.380 e. The predicted octanol–water partition coefficient (Wildman–Crippen LogP) is 10.3. The maximum Gasteiger partial charge on any atom is 0.0917 e. The zero-order valence-corrected chi connectivity index (χ0v) is 31.7. The van der Waals surface area contributed by atoms with Crippen molar-refractivity contribution in [2.45, 2.75) is 158 Å². The Bertz CT molecular complexity index is 1020. The van der Waals surface area contributed by atoms with Crippen LogP contribution in [-0.4, -0.2) is 35.6 Å². The van der Waals surface area contributed by atoms with Gasteiger partial charge in [-0.05, 0) is 65.3 Å². The molecule has 0 aromatic carbocycles. The van der Waals surface area contributed by atoms with Gasteiger partial charge in [-0.15, -0.1) is 0 Å². The summed E-state index contributed by atoms with van der Waals surface area (Å²) in [5.41, 5.74) is 4.10. The van der Waals surface area contributed by atoms with Gasteiger partial charge in [0.2, 0.25) is 0 Å².